The highest BCUT2D eigenvalue weighted by Crippen LogP contribution is 2.21. The van der Waals surface area contributed by atoms with Crippen LogP contribution < -0.4 is 56.1 Å². The van der Waals surface area contributed by atoms with Crippen LogP contribution in [0.1, 0.15) is 70.6 Å². The zero-order chi connectivity index (χ0) is 36.1. The minimum atomic E-state index is -1.50. The second-order valence-electron chi connectivity index (χ2n) is 12.0. The smallest absolute Gasteiger partial charge is 0.320 e. The van der Waals surface area contributed by atoms with Crippen LogP contribution in [0.5, 0.6) is 0 Å². The predicted molar refractivity (Wildman–Crippen MR) is 182 cm³/mol. The molecule has 1 rings (SSSR count). The lowest BCUT2D eigenvalue weighted by Crippen LogP contribution is -2.62. The van der Waals surface area contributed by atoms with Gasteiger partial charge in [-0.25, -0.2) is 0 Å². The van der Waals surface area contributed by atoms with E-state index < -0.39 is 41.6 Å². The van der Waals surface area contributed by atoms with Gasteiger partial charge in [0.2, 0.25) is 17.7 Å². The Kier molecular flexibility index (Phi) is 19.7. The van der Waals surface area contributed by atoms with Gasteiger partial charge in [0, 0.05) is 32.7 Å². The molecule has 0 aromatic heterocycles. The van der Waals surface area contributed by atoms with E-state index in [1.165, 1.54) is 4.90 Å². The van der Waals surface area contributed by atoms with Crippen LogP contribution in [-0.2, 0) is 24.0 Å². The first-order valence-electron chi connectivity index (χ1n) is 16.4. The van der Waals surface area contributed by atoms with Crippen LogP contribution in [0.15, 0.2) is 9.98 Å². The number of aliphatic imine (C=N–C) groups is 2. The molecule has 1 fully saturated rings. The van der Waals surface area contributed by atoms with Crippen molar-refractivity contribution in [1.29, 1.82) is 0 Å². The predicted octanol–water partition coefficient (Wildman–Crippen LogP) is -4.14. The molecule has 19 nitrogen and oxygen atoms in total. The summed E-state index contributed by atoms with van der Waals surface area (Å²) >= 11 is 0. The van der Waals surface area contributed by atoms with E-state index >= 15 is 0 Å². The Morgan fingerprint density at radius 3 is 2.15 bits per heavy atom. The van der Waals surface area contributed by atoms with Crippen LogP contribution >= 0.6 is 0 Å². The Labute approximate surface area is 281 Å². The van der Waals surface area contributed by atoms with Gasteiger partial charge in [0.15, 0.2) is 11.9 Å². The van der Waals surface area contributed by atoms with E-state index in [0.29, 0.717) is 83.7 Å². The molecule has 3 amide bonds. The summed E-state index contributed by atoms with van der Waals surface area (Å²) in [7, 11) is 0. The molecule has 18 N–H and O–H groups in total. The lowest BCUT2D eigenvalue weighted by molar-refractivity contribution is -0.141. The van der Waals surface area contributed by atoms with Gasteiger partial charge < -0.3 is 70.9 Å². The molecule has 0 radical (unpaired) electrons. The highest BCUT2D eigenvalue weighted by molar-refractivity contribution is 5.92. The molecule has 0 aliphatic carbocycles. The molecule has 5 atom stereocenters. The van der Waals surface area contributed by atoms with Gasteiger partial charge in [0.05, 0.1) is 12.1 Å². The summed E-state index contributed by atoms with van der Waals surface area (Å²) in [6, 6.07) is -3.40. The minimum Gasteiger partial charge on any atom is -0.480 e. The number of carboxylic acid groups (broad SMARTS) is 1. The summed E-state index contributed by atoms with van der Waals surface area (Å²) in [4.78, 5) is 72.2. The van der Waals surface area contributed by atoms with Crippen molar-refractivity contribution >= 4 is 41.9 Å². The highest BCUT2D eigenvalue weighted by Gasteiger charge is 2.40. The van der Waals surface area contributed by atoms with Gasteiger partial charge in [0.25, 0.3) is 0 Å². The van der Waals surface area contributed by atoms with Crippen LogP contribution in [0.3, 0.4) is 0 Å². The Hall–Kier alpha value is -4.07. The number of likely N-dealkylation sites (tertiary alicyclic amines) is 1. The van der Waals surface area contributed by atoms with Crippen LogP contribution in [0, 0.1) is 0 Å². The number of amides is 3. The van der Waals surface area contributed by atoms with Crippen LogP contribution in [0.2, 0.25) is 0 Å². The number of nitrogens with zero attached hydrogens (tertiary/aromatic N) is 3. The molecule has 1 heterocycles. The molecule has 0 saturated carbocycles. The SMILES string of the molecule is NCCC(C=O)(CNC(CCCN=C(N)N)C(=O)O)NC(=O)C1CCCN1C(=O)C(N)CCCCNC(=O)C(N)CCCCN=C(N)N. The Morgan fingerprint density at radius 2 is 1.54 bits per heavy atom. The van der Waals surface area contributed by atoms with E-state index in [1.807, 2.05) is 0 Å². The third-order valence-corrected chi connectivity index (χ3v) is 8.05. The van der Waals surface area contributed by atoms with E-state index in [1.54, 1.807) is 0 Å². The molecular formula is C29H57N13O6. The molecular weight excluding hydrogens is 626 g/mol. The fraction of sp³-hybridized carbons (Fsp3) is 0.759. The van der Waals surface area contributed by atoms with Crippen LogP contribution in [-0.4, -0.2) is 121 Å². The number of hydrogen-bond acceptors (Lipinski definition) is 11. The van der Waals surface area contributed by atoms with Crippen molar-refractivity contribution in [3.05, 3.63) is 0 Å². The summed E-state index contributed by atoms with van der Waals surface area (Å²) in [5.74, 6) is -2.42. The van der Waals surface area contributed by atoms with Gasteiger partial charge in [-0.1, -0.05) is 0 Å². The van der Waals surface area contributed by atoms with Crippen molar-refractivity contribution in [2.75, 3.05) is 39.3 Å². The van der Waals surface area contributed by atoms with E-state index in [9.17, 15) is 29.1 Å². The first-order chi connectivity index (χ1) is 22.8. The summed E-state index contributed by atoms with van der Waals surface area (Å²) < 4.78 is 0. The number of aldehydes is 1. The fourth-order valence-electron chi connectivity index (χ4n) is 5.32. The topological polar surface area (TPSA) is 352 Å². The number of rotatable bonds is 25. The first kappa shape index (κ1) is 42.0. The molecule has 48 heavy (non-hydrogen) atoms. The monoisotopic (exact) mass is 683 g/mol. The van der Waals surface area contributed by atoms with Gasteiger partial charge >= 0.3 is 5.97 Å². The molecule has 0 bridgehead atoms. The maximum absolute atomic E-state index is 13.4. The molecule has 0 aromatic rings. The molecule has 274 valence electrons. The largest absolute Gasteiger partial charge is 0.480 e. The normalized spacial score (nSPS) is 17.3. The summed E-state index contributed by atoms with van der Waals surface area (Å²) in [6.45, 7) is 1.25. The van der Waals surface area contributed by atoms with E-state index in [0.717, 1.165) is 0 Å². The minimum absolute atomic E-state index is 0.0240. The maximum atomic E-state index is 13.4. The Morgan fingerprint density at radius 1 is 0.917 bits per heavy atom. The zero-order valence-corrected chi connectivity index (χ0v) is 27.8. The molecule has 0 spiro atoms. The van der Waals surface area contributed by atoms with Crippen molar-refractivity contribution in [2.24, 2.45) is 50.1 Å². The van der Waals surface area contributed by atoms with E-state index in [2.05, 4.69) is 25.9 Å². The lowest BCUT2D eigenvalue weighted by atomic mass is 9.95. The molecule has 0 aromatic carbocycles. The molecule has 1 aliphatic heterocycles. The third-order valence-electron chi connectivity index (χ3n) is 8.05. The number of carbonyl (C=O) groups excluding carboxylic acids is 4. The Balaban J connectivity index is 2.63. The summed E-state index contributed by atoms with van der Waals surface area (Å²) in [5.41, 5.74) is 37.6. The molecule has 5 unspecified atom stereocenters. The second kappa shape index (κ2) is 22.5. The van der Waals surface area contributed by atoms with Crippen LogP contribution in [0.4, 0.5) is 0 Å². The summed E-state index contributed by atoms with van der Waals surface area (Å²) in [6.07, 6.45) is 5.43. The quantitative estimate of drug-likeness (QED) is 0.0188. The number of carbonyl (C=O) groups is 5. The van der Waals surface area contributed by atoms with Crippen molar-refractivity contribution < 1.29 is 29.1 Å². The third kappa shape index (κ3) is 15.7. The Bertz CT molecular complexity index is 1100. The number of nitrogens with two attached hydrogens (primary N) is 7. The highest BCUT2D eigenvalue weighted by atomic mass is 16.4. The second-order valence-corrected chi connectivity index (χ2v) is 12.0. The number of guanidine groups is 2. The standard InChI is InChI=1S/C29H57N13O6/c30-12-11-29(18-43,17-40-21(26(47)48)9-5-15-39-28(35)36)41-24(45)22-10-6-16-42(22)25(46)20(32)8-2-3-13-37-23(44)19(31)7-1-4-14-38-27(33)34/h18-22,40H,1-17,30-32H2,(H,37,44)(H,41,45)(H,47,48)(H4,33,34,38)(H4,35,36,39). The maximum Gasteiger partial charge on any atom is 0.320 e. The van der Waals surface area contributed by atoms with Gasteiger partial charge in [-0.3, -0.25) is 29.2 Å². The zero-order valence-electron chi connectivity index (χ0n) is 27.8. The van der Waals surface area contributed by atoms with Crippen molar-refractivity contribution in [3.8, 4) is 0 Å². The van der Waals surface area contributed by atoms with Crippen molar-refractivity contribution in [3.63, 3.8) is 0 Å². The average molecular weight is 684 g/mol. The van der Waals surface area contributed by atoms with E-state index in [4.69, 9.17) is 40.1 Å². The number of carboxylic acids is 1. The number of unbranched alkanes of at least 4 members (excludes halogenated alkanes) is 2. The molecule has 1 aliphatic rings. The van der Waals surface area contributed by atoms with E-state index in [-0.39, 0.29) is 56.2 Å². The number of hydrogen-bond donors (Lipinski definition) is 11. The molecule has 19 heteroatoms. The van der Waals surface area contributed by atoms with Gasteiger partial charge in [-0.2, -0.15) is 0 Å². The van der Waals surface area contributed by atoms with Gasteiger partial charge in [-0.05, 0) is 77.2 Å². The van der Waals surface area contributed by atoms with Crippen molar-refractivity contribution in [1.82, 2.24) is 20.9 Å². The average Bonchev–Trinajstić information content (AvgIpc) is 3.53. The lowest BCUT2D eigenvalue weighted by Gasteiger charge is -2.34. The first-order valence-corrected chi connectivity index (χ1v) is 16.4. The van der Waals surface area contributed by atoms with Gasteiger partial charge in [0.1, 0.15) is 23.9 Å². The molecule has 1 saturated heterocycles. The fourth-order valence-corrected chi connectivity index (χ4v) is 5.32. The number of aliphatic carboxylic acids is 1. The van der Waals surface area contributed by atoms with Crippen LogP contribution in [0.25, 0.3) is 0 Å². The number of nitrogens with one attached hydrogen (secondary N) is 3. The van der Waals surface area contributed by atoms with Crippen molar-refractivity contribution in [2.45, 2.75) is 100 Å². The summed E-state index contributed by atoms with van der Waals surface area (Å²) in [5, 5.41) is 18.0. The van der Waals surface area contributed by atoms with Gasteiger partial charge in [-0.15, -0.1) is 0 Å².